The van der Waals surface area contributed by atoms with E-state index < -0.39 is 17.6 Å². The maximum absolute atomic E-state index is 12.9. The van der Waals surface area contributed by atoms with Gasteiger partial charge in [0.15, 0.2) is 0 Å². The molecule has 0 aliphatic rings. The van der Waals surface area contributed by atoms with E-state index in [4.69, 9.17) is 11.6 Å². The van der Waals surface area contributed by atoms with Crippen LogP contribution in [0.15, 0.2) is 18.2 Å². The molecule has 0 aliphatic heterocycles. The van der Waals surface area contributed by atoms with Crippen molar-refractivity contribution in [2.45, 2.75) is 39.4 Å². The van der Waals surface area contributed by atoms with Gasteiger partial charge in [-0.15, -0.1) is 0 Å². The highest BCUT2D eigenvalue weighted by Crippen LogP contribution is 2.36. The molecule has 1 N–H and O–H groups in total. The molecular weight excluding hydrogens is 333 g/mol. The van der Waals surface area contributed by atoms with Crippen LogP contribution in [0.4, 0.5) is 18.9 Å². The van der Waals surface area contributed by atoms with Crippen LogP contribution in [0, 0.1) is 0 Å². The zero-order chi connectivity index (χ0) is 17.8. The molecule has 0 aliphatic carbocycles. The van der Waals surface area contributed by atoms with Crippen molar-refractivity contribution in [1.29, 1.82) is 0 Å². The number of hydrogen-bond donors (Lipinski definition) is 1. The van der Waals surface area contributed by atoms with Crippen LogP contribution in [0.1, 0.15) is 32.8 Å². The van der Waals surface area contributed by atoms with Crippen molar-refractivity contribution >= 4 is 29.1 Å². The number of rotatable bonds is 5. The van der Waals surface area contributed by atoms with Gasteiger partial charge in [0.2, 0.25) is 11.8 Å². The summed E-state index contributed by atoms with van der Waals surface area (Å²) in [6.45, 7) is 5.09. The predicted molar refractivity (Wildman–Crippen MR) is 82.2 cm³/mol. The summed E-state index contributed by atoms with van der Waals surface area (Å²) in [5, 5.41) is 2.15. The van der Waals surface area contributed by atoms with Crippen molar-refractivity contribution in [2.24, 2.45) is 0 Å². The smallest absolute Gasteiger partial charge is 0.340 e. The molecule has 0 saturated carbocycles. The summed E-state index contributed by atoms with van der Waals surface area (Å²) < 4.78 is 38.8. The molecule has 4 nitrogen and oxygen atoms in total. The van der Waals surface area contributed by atoms with Gasteiger partial charge in [-0.3, -0.25) is 9.59 Å². The van der Waals surface area contributed by atoms with Crippen molar-refractivity contribution in [1.82, 2.24) is 4.90 Å². The SMILES string of the molecule is CC(=O)N(CCC(=O)Nc1ccc(Cl)cc1C(F)(F)F)C(C)C. The van der Waals surface area contributed by atoms with E-state index in [0.717, 1.165) is 12.1 Å². The number of benzene rings is 1. The summed E-state index contributed by atoms with van der Waals surface area (Å²) in [4.78, 5) is 24.8. The van der Waals surface area contributed by atoms with Crippen LogP contribution in [0.3, 0.4) is 0 Å². The topological polar surface area (TPSA) is 49.4 Å². The molecule has 2 amide bonds. The number of hydrogen-bond acceptors (Lipinski definition) is 2. The van der Waals surface area contributed by atoms with Crippen LogP contribution >= 0.6 is 11.6 Å². The molecular formula is C15H18ClF3N2O2. The maximum Gasteiger partial charge on any atom is 0.418 e. The average molecular weight is 351 g/mol. The summed E-state index contributed by atoms with van der Waals surface area (Å²) in [5.41, 5.74) is -1.36. The molecule has 0 spiro atoms. The lowest BCUT2D eigenvalue weighted by atomic mass is 10.1. The molecule has 0 radical (unpaired) electrons. The molecule has 0 fully saturated rings. The minimum atomic E-state index is -4.63. The minimum Gasteiger partial charge on any atom is -0.340 e. The number of carbonyl (C=O) groups excluding carboxylic acids is 2. The molecule has 1 aromatic carbocycles. The van der Waals surface area contributed by atoms with Crippen LogP contribution < -0.4 is 5.32 Å². The van der Waals surface area contributed by atoms with E-state index in [2.05, 4.69) is 5.32 Å². The summed E-state index contributed by atoms with van der Waals surface area (Å²) in [6.07, 6.45) is -4.73. The van der Waals surface area contributed by atoms with Gasteiger partial charge in [0.1, 0.15) is 0 Å². The molecule has 0 aromatic heterocycles. The number of anilines is 1. The van der Waals surface area contributed by atoms with Gasteiger partial charge >= 0.3 is 6.18 Å². The van der Waals surface area contributed by atoms with Crippen molar-refractivity contribution in [3.63, 3.8) is 0 Å². The molecule has 0 saturated heterocycles. The molecule has 1 rings (SSSR count). The second-order valence-electron chi connectivity index (χ2n) is 5.29. The third kappa shape index (κ3) is 5.74. The van der Waals surface area contributed by atoms with Crippen molar-refractivity contribution in [2.75, 3.05) is 11.9 Å². The van der Waals surface area contributed by atoms with Gasteiger partial charge in [0.25, 0.3) is 0 Å². The Morgan fingerprint density at radius 3 is 2.39 bits per heavy atom. The molecule has 0 unspecified atom stereocenters. The van der Waals surface area contributed by atoms with Crippen LogP contribution in [0.5, 0.6) is 0 Å². The first-order valence-corrected chi connectivity index (χ1v) is 7.34. The maximum atomic E-state index is 12.9. The Balaban J connectivity index is 2.81. The lowest BCUT2D eigenvalue weighted by Gasteiger charge is -2.25. The highest BCUT2D eigenvalue weighted by Gasteiger charge is 2.34. The van der Waals surface area contributed by atoms with Gasteiger partial charge < -0.3 is 10.2 Å². The zero-order valence-electron chi connectivity index (χ0n) is 13.0. The number of halogens is 4. The van der Waals surface area contributed by atoms with E-state index in [-0.39, 0.29) is 35.6 Å². The van der Waals surface area contributed by atoms with Gasteiger partial charge in [0.05, 0.1) is 11.3 Å². The summed E-state index contributed by atoms with van der Waals surface area (Å²) >= 11 is 5.57. The molecule has 23 heavy (non-hydrogen) atoms. The monoisotopic (exact) mass is 350 g/mol. The largest absolute Gasteiger partial charge is 0.418 e. The number of nitrogens with one attached hydrogen (secondary N) is 1. The first-order chi connectivity index (χ1) is 10.5. The summed E-state index contributed by atoms with van der Waals surface area (Å²) in [7, 11) is 0. The first-order valence-electron chi connectivity index (χ1n) is 6.96. The number of nitrogens with zero attached hydrogens (tertiary/aromatic N) is 1. The lowest BCUT2D eigenvalue weighted by molar-refractivity contribution is -0.137. The molecule has 128 valence electrons. The Labute approximate surface area is 137 Å². The van der Waals surface area contributed by atoms with Crippen molar-refractivity contribution < 1.29 is 22.8 Å². The zero-order valence-corrected chi connectivity index (χ0v) is 13.8. The average Bonchev–Trinajstić information content (AvgIpc) is 2.39. The van der Waals surface area contributed by atoms with Gasteiger partial charge in [-0.2, -0.15) is 13.2 Å². The Morgan fingerprint density at radius 1 is 1.30 bits per heavy atom. The summed E-state index contributed by atoms with van der Waals surface area (Å²) in [5.74, 6) is -0.806. The second-order valence-corrected chi connectivity index (χ2v) is 5.73. The standard InChI is InChI=1S/C15H18ClF3N2O2/c1-9(2)21(10(3)22)7-6-14(23)20-13-5-4-11(16)8-12(13)15(17,18)19/h4-5,8-9H,6-7H2,1-3H3,(H,20,23). The Morgan fingerprint density at radius 2 is 1.91 bits per heavy atom. The molecule has 0 atom stereocenters. The Hall–Kier alpha value is -1.76. The van der Waals surface area contributed by atoms with Gasteiger partial charge in [-0.1, -0.05) is 11.6 Å². The van der Waals surface area contributed by atoms with Crippen molar-refractivity contribution in [3.8, 4) is 0 Å². The molecule has 0 bridgehead atoms. The second kappa shape index (κ2) is 7.68. The van der Waals surface area contributed by atoms with Gasteiger partial charge in [0, 0.05) is 31.0 Å². The highest BCUT2D eigenvalue weighted by molar-refractivity contribution is 6.30. The lowest BCUT2D eigenvalue weighted by Crippen LogP contribution is -2.37. The fourth-order valence-corrected chi connectivity index (χ4v) is 2.25. The van der Waals surface area contributed by atoms with E-state index >= 15 is 0 Å². The van der Waals surface area contributed by atoms with Crippen molar-refractivity contribution in [3.05, 3.63) is 28.8 Å². The van der Waals surface area contributed by atoms with E-state index in [0.29, 0.717) is 0 Å². The van der Waals surface area contributed by atoms with Crippen LogP contribution in [-0.2, 0) is 15.8 Å². The first kappa shape index (κ1) is 19.3. The highest BCUT2D eigenvalue weighted by atomic mass is 35.5. The fourth-order valence-electron chi connectivity index (χ4n) is 2.07. The molecule has 1 aromatic rings. The Kier molecular flexibility index (Phi) is 6.44. The third-order valence-corrected chi connectivity index (χ3v) is 3.40. The van der Waals surface area contributed by atoms with Crippen LogP contribution in [-0.4, -0.2) is 29.3 Å². The van der Waals surface area contributed by atoms with E-state index in [1.54, 1.807) is 13.8 Å². The fraction of sp³-hybridized carbons (Fsp3) is 0.467. The number of amides is 2. The minimum absolute atomic E-state index is 0.0714. The van der Waals surface area contributed by atoms with Gasteiger partial charge in [-0.05, 0) is 32.0 Å². The predicted octanol–water partition coefficient (Wildman–Crippen LogP) is 3.94. The summed E-state index contributed by atoms with van der Waals surface area (Å²) in [6, 6.07) is 3.03. The van der Waals surface area contributed by atoms with E-state index in [1.165, 1.54) is 17.9 Å². The molecule has 8 heteroatoms. The quantitative estimate of drug-likeness (QED) is 0.874. The number of alkyl halides is 3. The third-order valence-electron chi connectivity index (χ3n) is 3.17. The van der Waals surface area contributed by atoms with E-state index in [9.17, 15) is 22.8 Å². The van der Waals surface area contributed by atoms with Gasteiger partial charge in [-0.25, -0.2) is 0 Å². The van der Waals surface area contributed by atoms with E-state index in [1.807, 2.05) is 0 Å². The van der Waals surface area contributed by atoms with Crippen LogP contribution in [0.25, 0.3) is 0 Å². The number of carbonyl (C=O) groups is 2. The van der Waals surface area contributed by atoms with Crippen LogP contribution in [0.2, 0.25) is 5.02 Å². The Bertz CT molecular complexity index is 589. The molecule has 0 heterocycles. The normalized spacial score (nSPS) is 11.5.